The fourth-order valence-corrected chi connectivity index (χ4v) is 3.75. The van der Waals surface area contributed by atoms with Gasteiger partial charge in [0.05, 0.1) is 5.69 Å². The number of hydrogen-bond acceptors (Lipinski definition) is 4. The van der Waals surface area contributed by atoms with Crippen LogP contribution in [0, 0.1) is 0 Å². The van der Waals surface area contributed by atoms with Crippen molar-refractivity contribution < 1.29 is 9.59 Å². The van der Waals surface area contributed by atoms with Gasteiger partial charge in [-0.25, -0.2) is 0 Å². The molecule has 0 aliphatic carbocycles. The second-order valence-electron chi connectivity index (χ2n) is 5.34. The van der Waals surface area contributed by atoms with Crippen LogP contribution >= 0.6 is 11.8 Å². The molecular weight excluding hydrogens is 310 g/mol. The van der Waals surface area contributed by atoms with Gasteiger partial charge in [-0.05, 0) is 38.1 Å². The minimum atomic E-state index is -1.20. The molecule has 1 N–H and O–H groups in total. The van der Waals surface area contributed by atoms with Gasteiger partial charge in [0.1, 0.15) is 0 Å². The van der Waals surface area contributed by atoms with Crippen molar-refractivity contribution in [2.24, 2.45) is 0 Å². The molecule has 2 heterocycles. The number of pyridine rings is 1. The number of nitrogens with zero attached hydrogens (tertiary/aromatic N) is 2. The number of fused-ring (bicyclic) bond motifs is 1. The van der Waals surface area contributed by atoms with E-state index in [1.807, 2.05) is 31.2 Å². The van der Waals surface area contributed by atoms with Gasteiger partial charge in [-0.2, -0.15) is 0 Å². The number of aromatic nitrogens is 1. The molecule has 0 radical (unpaired) electrons. The zero-order chi connectivity index (χ0) is 16.4. The molecule has 1 aromatic carbocycles. The summed E-state index contributed by atoms with van der Waals surface area (Å²) in [4.78, 5) is 32.2. The summed E-state index contributed by atoms with van der Waals surface area (Å²) in [6.07, 6.45) is 3.20. The largest absolute Gasteiger partial charge is 0.324 e. The van der Waals surface area contributed by atoms with Gasteiger partial charge in [-0.3, -0.25) is 14.6 Å². The van der Waals surface area contributed by atoms with Crippen molar-refractivity contribution in [3.8, 4) is 0 Å². The highest BCUT2D eigenvalue weighted by atomic mass is 32.2. The highest BCUT2D eigenvalue weighted by Gasteiger charge is 2.48. The maximum atomic E-state index is 12.9. The molecule has 1 aromatic heterocycles. The molecule has 2 amide bonds. The van der Waals surface area contributed by atoms with Crippen LogP contribution < -0.4 is 10.2 Å². The van der Waals surface area contributed by atoms with Gasteiger partial charge < -0.3 is 10.2 Å². The van der Waals surface area contributed by atoms with Crippen LogP contribution in [0.4, 0.5) is 11.4 Å². The number of benzene rings is 1. The van der Waals surface area contributed by atoms with E-state index in [4.69, 9.17) is 0 Å². The number of thioether (sulfide) groups is 1. The van der Waals surface area contributed by atoms with Gasteiger partial charge >= 0.3 is 0 Å². The summed E-state index contributed by atoms with van der Waals surface area (Å²) >= 11 is 1.30. The molecule has 3 rings (SSSR count). The molecular formula is C17H17N3O2S. The van der Waals surface area contributed by atoms with E-state index in [0.717, 1.165) is 10.6 Å². The van der Waals surface area contributed by atoms with Gasteiger partial charge in [-0.1, -0.05) is 23.9 Å². The molecule has 1 atom stereocenters. The molecule has 0 bridgehead atoms. The van der Waals surface area contributed by atoms with Crippen molar-refractivity contribution in [3.63, 3.8) is 0 Å². The average Bonchev–Trinajstić information content (AvgIpc) is 2.57. The highest BCUT2D eigenvalue weighted by molar-refractivity contribution is 8.02. The summed E-state index contributed by atoms with van der Waals surface area (Å²) in [6.45, 7) is 4.11. The number of carbonyl (C=O) groups is 2. The molecule has 2 aromatic rings. The SMILES string of the molecule is CCN1C(=O)C(C)(C(=O)Nc2ccncc2)Sc2ccccc21. The van der Waals surface area contributed by atoms with Crippen molar-refractivity contribution in [1.29, 1.82) is 0 Å². The lowest BCUT2D eigenvalue weighted by Crippen LogP contribution is -2.54. The van der Waals surface area contributed by atoms with Crippen LogP contribution in [0.15, 0.2) is 53.7 Å². The van der Waals surface area contributed by atoms with Crippen molar-refractivity contribution in [2.75, 3.05) is 16.8 Å². The first kappa shape index (κ1) is 15.6. The topological polar surface area (TPSA) is 62.3 Å². The molecule has 1 unspecified atom stereocenters. The summed E-state index contributed by atoms with van der Waals surface area (Å²) in [5.41, 5.74) is 1.49. The number of anilines is 2. The van der Waals surface area contributed by atoms with E-state index in [0.29, 0.717) is 12.2 Å². The molecule has 0 spiro atoms. The monoisotopic (exact) mass is 327 g/mol. The zero-order valence-corrected chi connectivity index (χ0v) is 13.8. The van der Waals surface area contributed by atoms with E-state index >= 15 is 0 Å². The number of hydrogen-bond donors (Lipinski definition) is 1. The van der Waals surface area contributed by atoms with Crippen LogP contribution in [0.2, 0.25) is 0 Å². The number of carbonyl (C=O) groups excluding carboxylic acids is 2. The van der Waals surface area contributed by atoms with E-state index in [9.17, 15) is 9.59 Å². The smallest absolute Gasteiger partial charge is 0.252 e. The summed E-state index contributed by atoms with van der Waals surface area (Å²) < 4.78 is -1.20. The zero-order valence-electron chi connectivity index (χ0n) is 12.9. The molecule has 0 fully saturated rings. The third kappa shape index (κ3) is 2.70. The Morgan fingerprint density at radius 2 is 1.96 bits per heavy atom. The molecule has 1 aliphatic heterocycles. The molecule has 0 saturated carbocycles. The summed E-state index contributed by atoms with van der Waals surface area (Å²) in [5, 5.41) is 2.81. The minimum absolute atomic E-state index is 0.199. The maximum absolute atomic E-state index is 12.9. The lowest BCUT2D eigenvalue weighted by atomic mass is 10.1. The van der Waals surface area contributed by atoms with E-state index in [-0.39, 0.29) is 11.8 Å². The van der Waals surface area contributed by atoms with Crippen LogP contribution in [-0.4, -0.2) is 28.1 Å². The third-order valence-corrected chi connectivity index (χ3v) is 5.14. The molecule has 0 saturated heterocycles. The van der Waals surface area contributed by atoms with Crippen molar-refractivity contribution in [2.45, 2.75) is 23.5 Å². The molecule has 6 heteroatoms. The molecule has 1 aliphatic rings. The maximum Gasteiger partial charge on any atom is 0.252 e. The quantitative estimate of drug-likeness (QED) is 0.881. The van der Waals surface area contributed by atoms with Gasteiger partial charge in [-0.15, -0.1) is 0 Å². The van der Waals surface area contributed by atoms with Crippen molar-refractivity contribution >= 4 is 35.0 Å². The Balaban J connectivity index is 1.95. The number of para-hydroxylation sites is 1. The lowest BCUT2D eigenvalue weighted by Gasteiger charge is -2.38. The predicted octanol–water partition coefficient (Wildman–Crippen LogP) is 2.94. The highest BCUT2D eigenvalue weighted by Crippen LogP contribution is 2.45. The Morgan fingerprint density at radius 1 is 1.26 bits per heavy atom. The second-order valence-corrected chi connectivity index (χ2v) is 6.80. The Morgan fingerprint density at radius 3 is 2.65 bits per heavy atom. The Hall–Kier alpha value is -2.34. The summed E-state index contributed by atoms with van der Waals surface area (Å²) in [7, 11) is 0. The Bertz CT molecular complexity index is 751. The summed E-state index contributed by atoms with van der Waals surface area (Å²) in [5.74, 6) is -0.526. The standard InChI is InChI=1S/C17H17N3O2S/c1-3-20-13-6-4-5-7-14(13)23-17(2,16(20)22)15(21)19-12-8-10-18-11-9-12/h4-11H,3H2,1-2H3,(H,18,19,21). The molecule has 23 heavy (non-hydrogen) atoms. The third-order valence-electron chi connectivity index (χ3n) is 3.81. The first-order valence-electron chi connectivity index (χ1n) is 7.37. The van der Waals surface area contributed by atoms with Gasteiger partial charge in [0.2, 0.25) is 5.91 Å². The first-order chi connectivity index (χ1) is 11.1. The van der Waals surface area contributed by atoms with Crippen LogP contribution in [0.1, 0.15) is 13.8 Å². The Kier molecular flexibility index (Phi) is 4.09. The normalized spacial score (nSPS) is 20.1. The minimum Gasteiger partial charge on any atom is -0.324 e. The van der Waals surface area contributed by atoms with Crippen molar-refractivity contribution in [3.05, 3.63) is 48.8 Å². The number of nitrogens with one attached hydrogen (secondary N) is 1. The molecule has 5 nitrogen and oxygen atoms in total. The van der Waals surface area contributed by atoms with Crippen LogP contribution in [0.3, 0.4) is 0 Å². The first-order valence-corrected chi connectivity index (χ1v) is 8.19. The average molecular weight is 327 g/mol. The van der Waals surface area contributed by atoms with Crippen molar-refractivity contribution in [1.82, 2.24) is 4.98 Å². The Labute approximate surface area is 139 Å². The lowest BCUT2D eigenvalue weighted by molar-refractivity contribution is -0.128. The number of rotatable bonds is 3. The van der Waals surface area contributed by atoms with Crippen LogP contribution in [0.5, 0.6) is 0 Å². The van der Waals surface area contributed by atoms with E-state index in [1.54, 1.807) is 36.4 Å². The molecule has 118 valence electrons. The number of amides is 2. The second kappa shape index (κ2) is 6.04. The van der Waals surface area contributed by atoms with Gasteiger partial charge in [0.25, 0.3) is 5.91 Å². The van der Waals surface area contributed by atoms with Gasteiger partial charge in [0, 0.05) is 29.5 Å². The van der Waals surface area contributed by atoms with Gasteiger partial charge in [0.15, 0.2) is 4.75 Å². The van der Waals surface area contributed by atoms with E-state index < -0.39 is 4.75 Å². The van der Waals surface area contributed by atoms with E-state index in [2.05, 4.69) is 10.3 Å². The predicted molar refractivity (Wildman–Crippen MR) is 91.6 cm³/mol. The van der Waals surface area contributed by atoms with E-state index in [1.165, 1.54) is 11.8 Å². The summed E-state index contributed by atoms with van der Waals surface area (Å²) in [6, 6.07) is 11.1. The fraction of sp³-hybridized carbons (Fsp3) is 0.235. The fourth-order valence-electron chi connectivity index (χ4n) is 2.54. The van der Waals surface area contributed by atoms with Crippen LogP contribution in [0.25, 0.3) is 0 Å². The van der Waals surface area contributed by atoms with Crippen LogP contribution in [-0.2, 0) is 9.59 Å².